The minimum absolute atomic E-state index is 0.631. The molecule has 1 N–H and O–H groups in total. The van der Waals surface area contributed by atoms with Crippen LogP contribution in [0.3, 0.4) is 0 Å². The number of carbonyl (C=O) groups excluding carboxylic acids is 1. The Morgan fingerprint density at radius 3 is 2.71 bits per heavy atom. The van der Waals surface area contributed by atoms with Gasteiger partial charge in [0.25, 0.3) is 0 Å². The standard InChI is InChI=1S/C5H9NO/c1-3-5(2)6-4-7/h4H,2-3H2,1H3,(H,6,7). The zero-order valence-electron chi connectivity index (χ0n) is 4.40. The molecule has 0 aromatic rings. The molecule has 2 nitrogen and oxygen atoms in total. The zero-order valence-corrected chi connectivity index (χ0v) is 4.40. The van der Waals surface area contributed by atoms with Gasteiger partial charge in [0.15, 0.2) is 0 Å². The summed E-state index contributed by atoms with van der Waals surface area (Å²) >= 11 is 0. The molecule has 0 bridgehead atoms. The Morgan fingerprint density at radius 2 is 2.57 bits per heavy atom. The van der Waals surface area contributed by atoms with Gasteiger partial charge in [-0.2, -0.15) is 0 Å². The van der Waals surface area contributed by atoms with E-state index in [1.165, 1.54) is 0 Å². The normalized spacial score (nSPS) is 7.57. The third-order valence-corrected chi connectivity index (χ3v) is 0.690. The van der Waals surface area contributed by atoms with Crippen molar-refractivity contribution in [1.82, 2.24) is 5.32 Å². The Labute approximate surface area is 43.2 Å². The van der Waals surface area contributed by atoms with Crippen molar-refractivity contribution in [2.75, 3.05) is 0 Å². The highest BCUT2D eigenvalue weighted by atomic mass is 16.1. The quantitative estimate of drug-likeness (QED) is 0.517. The largest absolute Gasteiger partial charge is 0.333 e. The highest BCUT2D eigenvalue weighted by Crippen LogP contribution is 1.85. The van der Waals surface area contributed by atoms with Crippen LogP contribution in [0.1, 0.15) is 13.3 Å². The summed E-state index contributed by atoms with van der Waals surface area (Å²) in [5.41, 5.74) is 0.759. The molecule has 0 spiro atoms. The van der Waals surface area contributed by atoms with Gasteiger partial charge in [-0.15, -0.1) is 0 Å². The van der Waals surface area contributed by atoms with Crippen molar-refractivity contribution in [3.63, 3.8) is 0 Å². The molecule has 0 unspecified atom stereocenters. The predicted octanol–water partition coefficient (Wildman–Crippen LogP) is 0.656. The van der Waals surface area contributed by atoms with Crippen LogP contribution in [0, 0.1) is 0 Å². The van der Waals surface area contributed by atoms with Crippen LogP contribution < -0.4 is 5.32 Å². The number of amides is 1. The van der Waals surface area contributed by atoms with Gasteiger partial charge in [0.2, 0.25) is 6.41 Å². The van der Waals surface area contributed by atoms with E-state index in [1.807, 2.05) is 6.92 Å². The van der Waals surface area contributed by atoms with E-state index in [9.17, 15) is 4.79 Å². The van der Waals surface area contributed by atoms with E-state index in [2.05, 4.69) is 11.9 Å². The van der Waals surface area contributed by atoms with E-state index in [0.717, 1.165) is 12.1 Å². The van der Waals surface area contributed by atoms with Gasteiger partial charge in [0.05, 0.1) is 0 Å². The predicted molar refractivity (Wildman–Crippen MR) is 28.6 cm³/mol. The van der Waals surface area contributed by atoms with Gasteiger partial charge in [-0.3, -0.25) is 4.79 Å². The van der Waals surface area contributed by atoms with Gasteiger partial charge >= 0.3 is 0 Å². The molecule has 40 valence electrons. The van der Waals surface area contributed by atoms with Crippen LogP contribution >= 0.6 is 0 Å². The Hall–Kier alpha value is -0.790. The molecule has 0 saturated carbocycles. The van der Waals surface area contributed by atoms with Gasteiger partial charge in [-0.05, 0) is 6.42 Å². The third kappa shape index (κ3) is 3.03. The highest BCUT2D eigenvalue weighted by Gasteiger charge is 1.79. The number of hydrogen-bond acceptors (Lipinski definition) is 1. The van der Waals surface area contributed by atoms with E-state index in [1.54, 1.807) is 0 Å². The molecule has 0 aromatic carbocycles. The molecule has 0 saturated heterocycles. The maximum atomic E-state index is 9.60. The molecule has 0 rings (SSSR count). The summed E-state index contributed by atoms with van der Waals surface area (Å²) in [4.78, 5) is 9.60. The summed E-state index contributed by atoms with van der Waals surface area (Å²) < 4.78 is 0. The van der Waals surface area contributed by atoms with Crippen molar-refractivity contribution >= 4 is 6.41 Å². The molecule has 0 radical (unpaired) electrons. The van der Waals surface area contributed by atoms with E-state index < -0.39 is 0 Å². The van der Waals surface area contributed by atoms with Crippen LogP contribution in [0.2, 0.25) is 0 Å². The molecule has 0 heterocycles. The first-order chi connectivity index (χ1) is 3.31. The molecule has 7 heavy (non-hydrogen) atoms. The molecular formula is C5H9NO. The molecule has 0 aliphatic heterocycles. The van der Waals surface area contributed by atoms with E-state index in [4.69, 9.17) is 0 Å². The molecule has 0 fully saturated rings. The topological polar surface area (TPSA) is 29.1 Å². The fraction of sp³-hybridized carbons (Fsp3) is 0.400. The van der Waals surface area contributed by atoms with Crippen LogP contribution in [-0.2, 0) is 4.79 Å². The molecular weight excluding hydrogens is 90.1 g/mol. The lowest BCUT2D eigenvalue weighted by Crippen LogP contribution is -2.06. The third-order valence-electron chi connectivity index (χ3n) is 0.690. The fourth-order valence-corrected chi connectivity index (χ4v) is 0.185. The van der Waals surface area contributed by atoms with Gasteiger partial charge < -0.3 is 5.32 Å². The number of hydrogen-bond donors (Lipinski definition) is 1. The summed E-state index contributed by atoms with van der Waals surface area (Å²) in [6.07, 6.45) is 1.44. The van der Waals surface area contributed by atoms with E-state index >= 15 is 0 Å². The SMILES string of the molecule is C=C(CC)NC=O. The number of nitrogens with one attached hydrogen (secondary N) is 1. The summed E-state index contributed by atoms with van der Waals surface area (Å²) in [7, 11) is 0. The molecule has 1 amide bonds. The number of carbonyl (C=O) groups is 1. The Balaban J connectivity index is 3.17. The Bertz CT molecular complexity index is 78.1. The van der Waals surface area contributed by atoms with Gasteiger partial charge in [0.1, 0.15) is 0 Å². The average molecular weight is 99.1 g/mol. The van der Waals surface area contributed by atoms with Gasteiger partial charge in [-0.25, -0.2) is 0 Å². The number of allylic oxidation sites excluding steroid dienone is 1. The summed E-state index contributed by atoms with van der Waals surface area (Å²) in [6.45, 7) is 5.45. The lowest BCUT2D eigenvalue weighted by molar-refractivity contribution is -0.108. The first kappa shape index (κ1) is 6.21. The Kier molecular flexibility index (Phi) is 3.02. The second kappa shape index (κ2) is 3.40. The Morgan fingerprint density at radius 1 is 2.00 bits per heavy atom. The lowest BCUT2D eigenvalue weighted by Gasteiger charge is -1.93. The van der Waals surface area contributed by atoms with Crippen molar-refractivity contribution in [3.8, 4) is 0 Å². The van der Waals surface area contributed by atoms with Crippen molar-refractivity contribution in [3.05, 3.63) is 12.3 Å². The van der Waals surface area contributed by atoms with Crippen LogP contribution in [-0.4, -0.2) is 6.41 Å². The molecule has 0 aromatic heterocycles. The lowest BCUT2D eigenvalue weighted by atomic mass is 10.4. The van der Waals surface area contributed by atoms with Crippen LogP contribution in [0.25, 0.3) is 0 Å². The summed E-state index contributed by atoms with van der Waals surface area (Å²) in [6, 6.07) is 0. The monoisotopic (exact) mass is 99.1 g/mol. The summed E-state index contributed by atoms with van der Waals surface area (Å²) in [5.74, 6) is 0. The highest BCUT2D eigenvalue weighted by molar-refractivity contribution is 5.49. The van der Waals surface area contributed by atoms with Crippen LogP contribution in [0.15, 0.2) is 12.3 Å². The smallest absolute Gasteiger partial charge is 0.211 e. The first-order valence-electron chi connectivity index (χ1n) is 2.19. The van der Waals surface area contributed by atoms with E-state index in [0.29, 0.717) is 6.41 Å². The molecule has 2 heteroatoms. The first-order valence-corrected chi connectivity index (χ1v) is 2.19. The second-order valence-electron chi connectivity index (χ2n) is 1.22. The van der Waals surface area contributed by atoms with Gasteiger partial charge in [-0.1, -0.05) is 13.5 Å². The van der Waals surface area contributed by atoms with Gasteiger partial charge in [0, 0.05) is 5.70 Å². The van der Waals surface area contributed by atoms with E-state index in [-0.39, 0.29) is 0 Å². The molecule has 0 aliphatic carbocycles. The van der Waals surface area contributed by atoms with Crippen LogP contribution in [0.4, 0.5) is 0 Å². The summed E-state index contributed by atoms with van der Waals surface area (Å²) in [5, 5.41) is 2.42. The van der Waals surface area contributed by atoms with Crippen molar-refractivity contribution in [2.24, 2.45) is 0 Å². The maximum absolute atomic E-state index is 9.60. The molecule has 0 aliphatic rings. The maximum Gasteiger partial charge on any atom is 0.211 e. The molecule has 0 atom stereocenters. The second-order valence-corrected chi connectivity index (χ2v) is 1.22. The van der Waals surface area contributed by atoms with Crippen molar-refractivity contribution in [1.29, 1.82) is 0 Å². The number of rotatable bonds is 3. The van der Waals surface area contributed by atoms with Crippen LogP contribution in [0.5, 0.6) is 0 Å². The minimum atomic E-state index is 0.631. The van der Waals surface area contributed by atoms with Crippen molar-refractivity contribution < 1.29 is 4.79 Å². The average Bonchev–Trinajstić information content (AvgIpc) is 1.68. The zero-order chi connectivity index (χ0) is 5.70. The minimum Gasteiger partial charge on any atom is -0.333 e. The van der Waals surface area contributed by atoms with Crippen molar-refractivity contribution in [2.45, 2.75) is 13.3 Å². The fourth-order valence-electron chi connectivity index (χ4n) is 0.185.